The molecule has 2 rings (SSSR count). The molecule has 1 aromatic heterocycles. The fraction of sp³-hybridized carbons (Fsp3) is 0. The highest BCUT2D eigenvalue weighted by molar-refractivity contribution is 6.06. The number of anilines is 1. The molecule has 1 aromatic carbocycles. The molecule has 19 heavy (non-hydrogen) atoms. The van der Waals surface area contributed by atoms with Crippen LogP contribution in [0.15, 0.2) is 36.5 Å². The SMILES string of the molecule is O=C(Nc1cccnn1)c1cccc([N+](=O)[O-])c1O. The topological polar surface area (TPSA) is 118 Å². The molecule has 0 atom stereocenters. The van der Waals surface area contributed by atoms with Crippen molar-refractivity contribution in [1.82, 2.24) is 10.2 Å². The summed E-state index contributed by atoms with van der Waals surface area (Å²) in [5, 5.41) is 29.9. The van der Waals surface area contributed by atoms with E-state index in [0.717, 1.165) is 6.07 Å². The molecule has 8 heteroatoms. The van der Waals surface area contributed by atoms with E-state index in [0.29, 0.717) is 0 Å². The summed E-state index contributed by atoms with van der Waals surface area (Å²) >= 11 is 0. The van der Waals surface area contributed by atoms with E-state index >= 15 is 0 Å². The highest BCUT2D eigenvalue weighted by Crippen LogP contribution is 2.29. The number of rotatable bonds is 3. The van der Waals surface area contributed by atoms with E-state index in [4.69, 9.17) is 0 Å². The third kappa shape index (κ3) is 2.63. The summed E-state index contributed by atoms with van der Waals surface area (Å²) in [4.78, 5) is 21.7. The molecule has 0 fully saturated rings. The molecule has 2 N–H and O–H groups in total. The van der Waals surface area contributed by atoms with Gasteiger partial charge in [-0.3, -0.25) is 14.9 Å². The molecule has 0 unspecified atom stereocenters. The second-order valence-corrected chi connectivity index (χ2v) is 3.49. The number of benzene rings is 1. The minimum Gasteiger partial charge on any atom is -0.502 e. The summed E-state index contributed by atoms with van der Waals surface area (Å²) in [7, 11) is 0. The number of nitro groups is 1. The van der Waals surface area contributed by atoms with E-state index in [1.807, 2.05) is 0 Å². The minimum absolute atomic E-state index is 0.179. The van der Waals surface area contributed by atoms with Crippen LogP contribution in [-0.2, 0) is 0 Å². The van der Waals surface area contributed by atoms with Crippen molar-refractivity contribution in [2.45, 2.75) is 0 Å². The lowest BCUT2D eigenvalue weighted by Gasteiger charge is -2.05. The zero-order chi connectivity index (χ0) is 13.8. The first-order valence-electron chi connectivity index (χ1n) is 5.15. The number of aromatic nitrogens is 2. The lowest BCUT2D eigenvalue weighted by Crippen LogP contribution is -2.13. The Labute approximate surface area is 106 Å². The summed E-state index contributed by atoms with van der Waals surface area (Å²) in [6, 6.07) is 6.75. The maximum Gasteiger partial charge on any atom is 0.311 e. The van der Waals surface area contributed by atoms with Gasteiger partial charge in [-0.05, 0) is 18.2 Å². The number of nitro benzene ring substituents is 1. The number of phenolic OH excluding ortho intramolecular Hbond substituents is 1. The maximum atomic E-state index is 11.8. The largest absolute Gasteiger partial charge is 0.502 e. The van der Waals surface area contributed by atoms with E-state index in [-0.39, 0.29) is 11.4 Å². The zero-order valence-corrected chi connectivity index (χ0v) is 9.48. The standard InChI is InChI=1S/C11H8N4O4/c16-10-7(3-1-4-8(10)15(18)19)11(17)13-9-5-2-6-12-14-9/h1-6,16H,(H,13,14,17). The Bertz CT molecular complexity index is 630. The van der Waals surface area contributed by atoms with Gasteiger partial charge in [0.05, 0.1) is 10.5 Å². The number of hydrogen-bond donors (Lipinski definition) is 2. The Morgan fingerprint density at radius 2 is 2.11 bits per heavy atom. The Hall–Kier alpha value is -3.03. The average molecular weight is 260 g/mol. The monoisotopic (exact) mass is 260 g/mol. The predicted octanol–water partition coefficient (Wildman–Crippen LogP) is 1.34. The number of hydrogen-bond acceptors (Lipinski definition) is 6. The number of para-hydroxylation sites is 1. The van der Waals surface area contributed by atoms with Gasteiger partial charge in [0.25, 0.3) is 5.91 Å². The lowest BCUT2D eigenvalue weighted by molar-refractivity contribution is -0.385. The molecular formula is C11H8N4O4. The van der Waals surface area contributed by atoms with Crippen LogP contribution in [0.25, 0.3) is 0 Å². The van der Waals surface area contributed by atoms with Gasteiger partial charge in [-0.25, -0.2) is 0 Å². The molecule has 0 aliphatic carbocycles. The predicted molar refractivity (Wildman–Crippen MR) is 64.7 cm³/mol. The minimum atomic E-state index is -0.769. The molecule has 0 radical (unpaired) electrons. The molecule has 1 heterocycles. The van der Waals surface area contributed by atoms with Crippen molar-refractivity contribution >= 4 is 17.4 Å². The highest BCUT2D eigenvalue weighted by Gasteiger charge is 2.21. The van der Waals surface area contributed by atoms with Gasteiger partial charge >= 0.3 is 5.69 Å². The van der Waals surface area contributed by atoms with Crippen molar-refractivity contribution < 1.29 is 14.8 Å². The average Bonchev–Trinajstić information content (AvgIpc) is 2.39. The summed E-state index contributed by atoms with van der Waals surface area (Å²) in [5.41, 5.74) is -0.744. The van der Waals surface area contributed by atoms with Gasteiger partial charge in [0, 0.05) is 12.3 Å². The van der Waals surface area contributed by atoms with Gasteiger partial charge in [-0.15, -0.1) is 5.10 Å². The van der Waals surface area contributed by atoms with Crippen LogP contribution < -0.4 is 5.32 Å². The number of amides is 1. The smallest absolute Gasteiger partial charge is 0.311 e. The van der Waals surface area contributed by atoms with Crippen LogP contribution >= 0.6 is 0 Å². The van der Waals surface area contributed by atoms with Crippen molar-refractivity contribution in [3.8, 4) is 5.75 Å². The van der Waals surface area contributed by atoms with E-state index < -0.39 is 22.3 Å². The molecule has 2 aromatic rings. The number of nitrogens with zero attached hydrogens (tertiary/aromatic N) is 3. The van der Waals surface area contributed by atoms with Gasteiger partial charge in [0.15, 0.2) is 5.82 Å². The van der Waals surface area contributed by atoms with E-state index in [1.165, 1.54) is 24.4 Å². The van der Waals surface area contributed by atoms with Crippen LogP contribution in [-0.4, -0.2) is 26.1 Å². The van der Waals surface area contributed by atoms with E-state index in [2.05, 4.69) is 15.5 Å². The Balaban J connectivity index is 2.30. The van der Waals surface area contributed by atoms with Crippen molar-refractivity contribution in [3.05, 3.63) is 52.2 Å². The Kier molecular flexibility index (Phi) is 3.33. The summed E-state index contributed by atoms with van der Waals surface area (Å²) in [5.74, 6) is -1.21. The normalized spacial score (nSPS) is 9.89. The highest BCUT2D eigenvalue weighted by atomic mass is 16.6. The first kappa shape index (κ1) is 12.4. The van der Waals surface area contributed by atoms with Crippen molar-refractivity contribution in [3.63, 3.8) is 0 Å². The molecule has 0 saturated carbocycles. The van der Waals surface area contributed by atoms with Crippen molar-refractivity contribution in [2.24, 2.45) is 0 Å². The molecule has 0 saturated heterocycles. The lowest BCUT2D eigenvalue weighted by atomic mass is 10.1. The molecule has 0 spiro atoms. The van der Waals surface area contributed by atoms with E-state index in [1.54, 1.807) is 6.07 Å². The van der Waals surface area contributed by atoms with Crippen LogP contribution in [0.1, 0.15) is 10.4 Å². The van der Waals surface area contributed by atoms with E-state index in [9.17, 15) is 20.0 Å². The fourth-order valence-corrected chi connectivity index (χ4v) is 1.41. The molecular weight excluding hydrogens is 252 g/mol. The number of aromatic hydroxyl groups is 1. The van der Waals surface area contributed by atoms with Crippen LogP contribution in [0.5, 0.6) is 5.75 Å². The number of carbonyl (C=O) groups excluding carboxylic acids is 1. The molecule has 8 nitrogen and oxygen atoms in total. The second kappa shape index (κ2) is 5.08. The van der Waals surface area contributed by atoms with Crippen LogP contribution in [0.4, 0.5) is 11.5 Å². The zero-order valence-electron chi connectivity index (χ0n) is 9.48. The molecule has 0 bridgehead atoms. The van der Waals surface area contributed by atoms with Crippen LogP contribution in [0.2, 0.25) is 0 Å². The quantitative estimate of drug-likeness (QED) is 0.635. The molecule has 96 valence electrons. The Morgan fingerprint density at radius 1 is 1.32 bits per heavy atom. The van der Waals surface area contributed by atoms with Gasteiger partial charge in [-0.1, -0.05) is 6.07 Å². The summed E-state index contributed by atoms with van der Waals surface area (Å²) in [6.07, 6.45) is 1.43. The molecule has 0 aliphatic heterocycles. The molecule has 1 amide bonds. The van der Waals surface area contributed by atoms with Gasteiger partial charge < -0.3 is 10.4 Å². The van der Waals surface area contributed by atoms with Gasteiger partial charge in [0.1, 0.15) is 0 Å². The van der Waals surface area contributed by atoms with Crippen molar-refractivity contribution in [1.29, 1.82) is 0 Å². The number of phenols is 1. The maximum absolute atomic E-state index is 11.8. The third-order valence-corrected chi connectivity index (χ3v) is 2.27. The Morgan fingerprint density at radius 3 is 2.74 bits per heavy atom. The number of nitrogens with one attached hydrogen (secondary N) is 1. The third-order valence-electron chi connectivity index (χ3n) is 2.27. The van der Waals surface area contributed by atoms with Crippen LogP contribution in [0.3, 0.4) is 0 Å². The van der Waals surface area contributed by atoms with Gasteiger partial charge in [-0.2, -0.15) is 5.10 Å². The second-order valence-electron chi connectivity index (χ2n) is 3.49. The first-order chi connectivity index (χ1) is 9.09. The first-order valence-corrected chi connectivity index (χ1v) is 5.15. The fourth-order valence-electron chi connectivity index (χ4n) is 1.41. The van der Waals surface area contributed by atoms with Crippen molar-refractivity contribution in [2.75, 3.05) is 5.32 Å². The summed E-state index contributed by atoms with van der Waals surface area (Å²) < 4.78 is 0. The van der Waals surface area contributed by atoms with Crippen LogP contribution in [0, 0.1) is 10.1 Å². The summed E-state index contributed by atoms with van der Waals surface area (Å²) in [6.45, 7) is 0. The molecule has 0 aliphatic rings. The van der Waals surface area contributed by atoms with Gasteiger partial charge in [0.2, 0.25) is 5.75 Å². The number of carbonyl (C=O) groups is 1.